The molecule has 4 rings (SSSR count). The first-order chi connectivity index (χ1) is 11.2. The van der Waals surface area contributed by atoms with Gasteiger partial charge >= 0.3 is 0 Å². The minimum Gasteiger partial charge on any atom is -0.398 e. The van der Waals surface area contributed by atoms with Crippen LogP contribution in [-0.2, 0) is 12.8 Å². The summed E-state index contributed by atoms with van der Waals surface area (Å²) in [6.45, 7) is 2.10. The van der Waals surface area contributed by atoms with Crippen molar-refractivity contribution in [1.29, 1.82) is 5.41 Å². The van der Waals surface area contributed by atoms with Gasteiger partial charge in [-0.3, -0.25) is 0 Å². The summed E-state index contributed by atoms with van der Waals surface area (Å²) in [4.78, 5) is 4.94. The Labute approximate surface area is 135 Å². The SMILES string of the molecule is Cc1ccc(-c2nc3ccc(N)c(C=N)c3c3c2CCC3)cc1. The van der Waals surface area contributed by atoms with Crippen LogP contribution in [-0.4, -0.2) is 11.2 Å². The molecule has 3 heteroatoms. The minimum absolute atomic E-state index is 0.659. The molecule has 0 saturated carbocycles. The second-order valence-corrected chi connectivity index (χ2v) is 6.24. The Morgan fingerprint density at radius 2 is 1.78 bits per heavy atom. The van der Waals surface area contributed by atoms with E-state index in [-0.39, 0.29) is 0 Å². The van der Waals surface area contributed by atoms with E-state index in [1.54, 1.807) is 0 Å². The van der Waals surface area contributed by atoms with E-state index in [0.717, 1.165) is 41.4 Å². The van der Waals surface area contributed by atoms with Crippen molar-refractivity contribution in [3.63, 3.8) is 0 Å². The number of nitrogens with two attached hydrogens (primary N) is 1. The number of fused-ring (bicyclic) bond motifs is 3. The molecule has 0 bridgehead atoms. The highest BCUT2D eigenvalue weighted by Gasteiger charge is 2.22. The van der Waals surface area contributed by atoms with E-state index in [9.17, 15) is 0 Å². The van der Waals surface area contributed by atoms with Gasteiger partial charge in [0.05, 0.1) is 11.2 Å². The van der Waals surface area contributed by atoms with E-state index in [4.69, 9.17) is 16.1 Å². The number of hydrogen-bond acceptors (Lipinski definition) is 3. The van der Waals surface area contributed by atoms with Gasteiger partial charge in [0.2, 0.25) is 0 Å². The molecule has 3 nitrogen and oxygen atoms in total. The Morgan fingerprint density at radius 1 is 1.04 bits per heavy atom. The maximum atomic E-state index is 7.74. The average molecular weight is 301 g/mol. The summed E-state index contributed by atoms with van der Waals surface area (Å²) in [5.74, 6) is 0. The summed E-state index contributed by atoms with van der Waals surface area (Å²) >= 11 is 0. The van der Waals surface area contributed by atoms with Gasteiger partial charge in [-0.25, -0.2) is 4.98 Å². The first-order valence-corrected chi connectivity index (χ1v) is 8.00. The predicted octanol–water partition coefficient (Wildman–Crippen LogP) is 4.28. The molecule has 2 aromatic carbocycles. The lowest BCUT2D eigenvalue weighted by Gasteiger charge is -2.14. The van der Waals surface area contributed by atoms with Crippen molar-refractivity contribution in [2.24, 2.45) is 0 Å². The molecule has 1 aliphatic rings. The lowest BCUT2D eigenvalue weighted by atomic mass is 9.95. The van der Waals surface area contributed by atoms with Crippen LogP contribution in [0.1, 0.15) is 28.7 Å². The predicted molar refractivity (Wildman–Crippen MR) is 96.2 cm³/mol. The van der Waals surface area contributed by atoms with Gasteiger partial charge in [-0.05, 0) is 49.4 Å². The first kappa shape index (κ1) is 13.9. The monoisotopic (exact) mass is 301 g/mol. The second-order valence-electron chi connectivity index (χ2n) is 6.24. The summed E-state index contributed by atoms with van der Waals surface area (Å²) in [6, 6.07) is 12.4. The molecule has 0 aliphatic heterocycles. The van der Waals surface area contributed by atoms with Crippen molar-refractivity contribution < 1.29 is 0 Å². The molecule has 23 heavy (non-hydrogen) atoms. The molecular formula is C20H19N3. The highest BCUT2D eigenvalue weighted by atomic mass is 14.7. The van der Waals surface area contributed by atoms with Gasteiger partial charge in [-0.15, -0.1) is 0 Å². The van der Waals surface area contributed by atoms with Gasteiger partial charge in [0.1, 0.15) is 0 Å². The maximum Gasteiger partial charge on any atom is 0.0744 e. The Kier molecular flexibility index (Phi) is 3.15. The fourth-order valence-corrected chi connectivity index (χ4v) is 3.61. The molecular weight excluding hydrogens is 282 g/mol. The van der Waals surface area contributed by atoms with Crippen LogP contribution in [0.2, 0.25) is 0 Å². The van der Waals surface area contributed by atoms with Crippen LogP contribution in [0, 0.1) is 12.3 Å². The molecule has 3 N–H and O–H groups in total. The molecule has 0 fully saturated rings. The normalized spacial score (nSPS) is 13.3. The van der Waals surface area contributed by atoms with Crippen LogP contribution in [0.5, 0.6) is 0 Å². The van der Waals surface area contributed by atoms with Gasteiger partial charge in [0, 0.05) is 28.4 Å². The summed E-state index contributed by atoms with van der Waals surface area (Å²) in [6.07, 6.45) is 4.59. The molecule has 0 amide bonds. The summed E-state index contributed by atoms with van der Waals surface area (Å²) in [5, 5.41) is 8.81. The van der Waals surface area contributed by atoms with E-state index < -0.39 is 0 Å². The largest absolute Gasteiger partial charge is 0.398 e. The maximum absolute atomic E-state index is 7.74. The fraction of sp³-hybridized carbons (Fsp3) is 0.200. The standard InChI is InChI=1S/C20H19N3/c1-12-5-7-13(8-6-12)20-15-4-2-3-14(15)19-16(11-21)17(22)9-10-18(19)23-20/h5-11,21H,2-4,22H2,1H3. The van der Waals surface area contributed by atoms with E-state index in [1.165, 1.54) is 28.5 Å². The number of nitrogens with zero attached hydrogens (tertiary/aromatic N) is 1. The quantitative estimate of drug-likeness (QED) is 0.548. The highest BCUT2D eigenvalue weighted by Crippen LogP contribution is 2.38. The zero-order valence-electron chi connectivity index (χ0n) is 13.2. The van der Waals surface area contributed by atoms with Crippen molar-refractivity contribution >= 4 is 22.8 Å². The van der Waals surface area contributed by atoms with Gasteiger partial charge in [-0.1, -0.05) is 29.8 Å². The van der Waals surface area contributed by atoms with Crippen molar-refractivity contribution in [2.45, 2.75) is 26.2 Å². The lowest BCUT2D eigenvalue weighted by molar-refractivity contribution is 0.913. The Hall–Kier alpha value is -2.68. The first-order valence-electron chi connectivity index (χ1n) is 8.00. The molecule has 0 radical (unpaired) electrons. The smallest absolute Gasteiger partial charge is 0.0744 e. The molecule has 1 aliphatic carbocycles. The number of benzene rings is 2. The van der Waals surface area contributed by atoms with E-state index in [2.05, 4.69) is 31.2 Å². The van der Waals surface area contributed by atoms with Gasteiger partial charge in [0.15, 0.2) is 0 Å². The number of aromatic nitrogens is 1. The number of rotatable bonds is 2. The van der Waals surface area contributed by atoms with Crippen LogP contribution in [0.25, 0.3) is 22.2 Å². The molecule has 3 aromatic rings. The summed E-state index contributed by atoms with van der Waals surface area (Å²) < 4.78 is 0. The van der Waals surface area contributed by atoms with E-state index in [0.29, 0.717) is 5.69 Å². The Morgan fingerprint density at radius 3 is 2.52 bits per heavy atom. The lowest BCUT2D eigenvalue weighted by Crippen LogP contribution is -2.01. The van der Waals surface area contributed by atoms with Crippen LogP contribution < -0.4 is 5.73 Å². The molecule has 0 saturated heterocycles. The molecule has 0 unspecified atom stereocenters. The minimum atomic E-state index is 0.659. The molecule has 1 heterocycles. The second kappa shape index (κ2) is 5.20. The zero-order chi connectivity index (χ0) is 16.0. The van der Waals surface area contributed by atoms with Crippen molar-refractivity contribution in [3.8, 4) is 11.3 Å². The van der Waals surface area contributed by atoms with Gasteiger partial charge in [0.25, 0.3) is 0 Å². The van der Waals surface area contributed by atoms with Gasteiger partial charge < -0.3 is 11.1 Å². The summed E-state index contributed by atoms with van der Waals surface area (Å²) in [7, 11) is 0. The van der Waals surface area contributed by atoms with Crippen LogP contribution in [0.4, 0.5) is 5.69 Å². The molecule has 1 aromatic heterocycles. The van der Waals surface area contributed by atoms with E-state index >= 15 is 0 Å². The Bertz CT molecular complexity index is 924. The van der Waals surface area contributed by atoms with Crippen LogP contribution in [0.15, 0.2) is 36.4 Å². The average Bonchev–Trinajstić information content (AvgIpc) is 3.04. The molecule has 0 spiro atoms. The number of aryl methyl sites for hydroxylation is 2. The third-order valence-corrected chi connectivity index (χ3v) is 4.76. The zero-order valence-corrected chi connectivity index (χ0v) is 13.2. The fourth-order valence-electron chi connectivity index (χ4n) is 3.61. The third-order valence-electron chi connectivity index (χ3n) is 4.76. The third kappa shape index (κ3) is 2.12. The number of nitrogens with one attached hydrogen (secondary N) is 1. The molecule has 114 valence electrons. The van der Waals surface area contributed by atoms with E-state index in [1.807, 2.05) is 12.1 Å². The number of hydrogen-bond donors (Lipinski definition) is 2. The highest BCUT2D eigenvalue weighted by molar-refractivity contribution is 6.05. The van der Waals surface area contributed by atoms with Gasteiger partial charge in [-0.2, -0.15) is 0 Å². The molecule has 0 atom stereocenters. The van der Waals surface area contributed by atoms with Crippen molar-refractivity contribution in [3.05, 3.63) is 58.7 Å². The van der Waals surface area contributed by atoms with Crippen LogP contribution in [0.3, 0.4) is 0 Å². The Balaban J connectivity index is 2.07. The van der Waals surface area contributed by atoms with Crippen LogP contribution >= 0.6 is 0 Å². The topological polar surface area (TPSA) is 62.8 Å². The number of anilines is 1. The number of pyridine rings is 1. The van der Waals surface area contributed by atoms with Crippen molar-refractivity contribution in [1.82, 2.24) is 4.98 Å². The summed E-state index contributed by atoms with van der Waals surface area (Å²) in [5.41, 5.74) is 14.7. The number of nitrogen functional groups attached to an aromatic ring is 1. The van der Waals surface area contributed by atoms with Crippen molar-refractivity contribution in [2.75, 3.05) is 5.73 Å².